The molecule has 0 atom stereocenters. The number of benzene rings is 1. The number of carbonyl (C=O) groups excluding carboxylic acids is 1. The first-order valence-corrected chi connectivity index (χ1v) is 8.57. The Labute approximate surface area is 142 Å². The van der Waals surface area contributed by atoms with Gasteiger partial charge >= 0.3 is 0 Å². The fourth-order valence-corrected chi connectivity index (χ4v) is 3.01. The summed E-state index contributed by atoms with van der Waals surface area (Å²) in [6.07, 6.45) is 3.65. The second-order valence-corrected chi connectivity index (χ2v) is 6.76. The van der Waals surface area contributed by atoms with Crippen molar-refractivity contribution in [1.82, 2.24) is 25.2 Å². The van der Waals surface area contributed by atoms with Crippen molar-refractivity contribution in [2.75, 3.05) is 13.1 Å². The van der Waals surface area contributed by atoms with E-state index in [1.54, 1.807) is 10.9 Å². The molecule has 2 heterocycles. The van der Waals surface area contributed by atoms with Crippen molar-refractivity contribution < 1.29 is 4.79 Å². The van der Waals surface area contributed by atoms with Gasteiger partial charge in [-0.3, -0.25) is 4.79 Å². The van der Waals surface area contributed by atoms with Crippen LogP contribution in [0.1, 0.15) is 42.7 Å². The van der Waals surface area contributed by atoms with Crippen LogP contribution < -0.4 is 5.32 Å². The summed E-state index contributed by atoms with van der Waals surface area (Å²) in [6, 6.07) is 8.74. The Morgan fingerprint density at radius 2 is 1.88 bits per heavy atom. The van der Waals surface area contributed by atoms with Crippen LogP contribution in [0.3, 0.4) is 0 Å². The lowest BCUT2D eigenvalue weighted by atomic mass is 10.0. The van der Waals surface area contributed by atoms with Gasteiger partial charge in [0, 0.05) is 25.2 Å². The molecule has 1 N–H and O–H groups in total. The Balaban J connectivity index is 1.59. The molecule has 0 radical (unpaired) electrons. The second-order valence-electron chi connectivity index (χ2n) is 6.76. The minimum Gasteiger partial charge on any atom is -0.348 e. The molecular formula is C18H25N5O. The summed E-state index contributed by atoms with van der Waals surface area (Å²) >= 11 is 0. The largest absolute Gasteiger partial charge is 0.348 e. The van der Waals surface area contributed by atoms with Crippen LogP contribution in [0.25, 0.3) is 5.69 Å². The number of likely N-dealkylation sites (tertiary alicyclic amines) is 1. The van der Waals surface area contributed by atoms with Crippen LogP contribution in [-0.2, 0) is 0 Å². The monoisotopic (exact) mass is 327 g/mol. The zero-order chi connectivity index (χ0) is 17.1. The number of nitrogens with zero attached hydrogens (tertiary/aromatic N) is 4. The van der Waals surface area contributed by atoms with Gasteiger partial charge in [-0.05, 0) is 45.7 Å². The first-order chi connectivity index (χ1) is 11.5. The van der Waals surface area contributed by atoms with E-state index >= 15 is 0 Å². The van der Waals surface area contributed by atoms with Gasteiger partial charge in [-0.15, -0.1) is 5.10 Å². The molecule has 1 aliphatic heterocycles. The fraction of sp³-hybridized carbons (Fsp3) is 0.500. The molecule has 6 heteroatoms. The highest BCUT2D eigenvalue weighted by molar-refractivity contribution is 5.92. The predicted octanol–water partition coefficient (Wildman–Crippen LogP) is 2.18. The molecule has 24 heavy (non-hydrogen) atoms. The molecule has 128 valence electrons. The standard InChI is InChI=1S/C18H25N5O/c1-13(2)22-10-8-15(9-11-22)19-18(24)17-12-23(21-20-17)16-6-4-14(3)5-7-16/h4-7,12-13,15H,8-11H2,1-3H3,(H,19,24). The smallest absolute Gasteiger partial charge is 0.273 e. The molecule has 1 amide bonds. The molecule has 0 bridgehead atoms. The van der Waals surface area contributed by atoms with Crippen LogP contribution >= 0.6 is 0 Å². The van der Waals surface area contributed by atoms with E-state index < -0.39 is 0 Å². The molecule has 1 fully saturated rings. The van der Waals surface area contributed by atoms with Gasteiger partial charge in [0.2, 0.25) is 0 Å². The molecule has 3 rings (SSSR count). The summed E-state index contributed by atoms with van der Waals surface area (Å²) < 4.78 is 1.63. The van der Waals surface area contributed by atoms with E-state index in [1.807, 2.05) is 31.2 Å². The molecule has 0 spiro atoms. The Hall–Kier alpha value is -2.21. The zero-order valence-corrected chi connectivity index (χ0v) is 14.6. The highest BCUT2D eigenvalue weighted by Gasteiger charge is 2.23. The maximum absolute atomic E-state index is 12.4. The Morgan fingerprint density at radius 1 is 1.21 bits per heavy atom. The molecule has 6 nitrogen and oxygen atoms in total. The number of aromatic nitrogens is 3. The SMILES string of the molecule is Cc1ccc(-n2cc(C(=O)NC3CCN(C(C)C)CC3)nn2)cc1. The topological polar surface area (TPSA) is 63.1 Å². The Morgan fingerprint density at radius 3 is 2.50 bits per heavy atom. The first kappa shape index (κ1) is 16.6. The van der Waals surface area contributed by atoms with Crippen molar-refractivity contribution in [3.8, 4) is 5.69 Å². The predicted molar refractivity (Wildman–Crippen MR) is 93.3 cm³/mol. The number of hydrogen-bond donors (Lipinski definition) is 1. The normalized spacial score (nSPS) is 16.5. The number of amides is 1. The highest BCUT2D eigenvalue weighted by atomic mass is 16.2. The van der Waals surface area contributed by atoms with E-state index in [0.717, 1.165) is 31.6 Å². The van der Waals surface area contributed by atoms with E-state index in [4.69, 9.17) is 0 Å². The molecule has 0 saturated carbocycles. The lowest BCUT2D eigenvalue weighted by molar-refractivity contribution is 0.0895. The van der Waals surface area contributed by atoms with Gasteiger partial charge in [0.25, 0.3) is 5.91 Å². The molecule has 1 aliphatic rings. The van der Waals surface area contributed by atoms with E-state index in [0.29, 0.717) is 11.7 Å². The number of carbonyl (C=O) groups is 1. The van der Waals surface area contributed by atoms with E-state index in [2.05, 4.69) is 34.4 Å². The van der Waals surface area contributed by atoms with Crippen molar-refractivity contribution in [2.45, 2.75) is 45.7 Å². The Bertz CT molecular complexity index is 684. The van der Waals surface area contributed by atoms with E-state index in [1.165, 1.54) is 5.56 Å². The van der Waals surface area contributed by atoms with Gasteiger partial charge in [0.1, 0.15) is 0 Å². The lowest BCUT2D eigenvalue weighted by Gasteiger charge is -2.34. The van der Waals surface area contributed by atoms with Crippen LogP contribution in [0.15, 0.2) is 30.5 Å². The third kappa shape index (κ3) is 3.82. The number of nitrogens with one attached hydrogen (secondary N) is 1. The van der Waals surface area contributed by atoms with Gasteiger partial charge in [-0.25, -0.2) is 4.68 Å². The fourth-order valence-electron chi connectivity index (χ4n) is 3.01. The number of rotatable bonds is 4. The van der Waals surface area contributed by atoms with Crippen molar-refractivity contribution in [3.63, 3.8) is 0 Å². The van der Waals surface area contributed by atoms with Crippen molar-refractivity contribution in [2.24, 2.45) is 0 Å². The van der Waals surface area contributed by atoms with Crippen LogP contribution in [0.5, 0.6) is 0 Å². The molecule has 0 unspecified atom stereocenters. The number of hydrogen-bond acceptors (Lipinski definition) is 4. The van der Waals surface area contributed by atoms with Gasteiger partial charge in [0.05, 0.1) is 11.9 Å². The van der Waals surface area contributed by atoms with E-state index in [-0.39, 0.29) is 11.9 Å². The van der Waals surface area contributed by atoms with Crippen molar-refractivity contribution >= 4 is 5.91 Å². The minimum atomic E-state index is -0.142. The van der Waals surface area contributed by atoms with Crippen molar-refractivity contribution in [1.29, 1.82) is 0 Å². The van der Waals surface area contributed by atoms with Crippen LogP contribution in [0.2, 0.25) is 0 Å². The maximum Gasteiger partial charge on any atom is 0.273 e. The summed E-state index contributed by atoms with van der Waals surface area (Å²) in [6.45, 7) is 8.51. The highest BCUT2D eigenvalue weighted by Crippen LogP contribution is 2.14. The average molecular weight is 327 g/mol. The average Bonchev–Trinajstić information content (AvgIpc) is 3.06. The maximum atomic E-state index is 12.4. The summed E-state index contributed by atoms with van der Waals surface area (Å²) in [4.78, 5) is 14.8. The second kappa shape index (κ2) is 7.13. The number of aryl methyl sites for hydroxylation is 1. The first-order valence-electron chi connectivity index (χ1n) is 8.57. The molecule has 0 aliphatic carbocycles. The Kier molecular flexibility index (Phi) is 4.94. The summed E-state index contributed by atoms with van der Waals surface area (Å²) in [5.41, 5.74) is 2.45. The van der Waals surface area contributed by atoms with Crippen LogP contribution in [0.4, 0.5) is 0 Å². The number of piperidine rings is 1. The molecule has 1 aromatic carbocycles. The molecular weight excluding hydrogens is 302 g/mol. The molecule has 1 saturated heterocycles. The van der Waals surface area contributed by atoms with Gasteiger partial charge < -0.3 is 10.2 Å². The summed E-state index contributed by atoms with van der Waals surface area (Å²) in [5.74, 6) is -0.142. The third-order valence-corrected chi connectivity index (χ3v) is 4.62. The third-order valence-electron chi connectivity index (χ3n) is 4.62. The van der Waals surface area contributed by atoms with E-state index in [9.17, 15) is 4.79 Å². The minimum absolute atomic E-state index is 0.142. The van der Waals surface area contributed by atoms with Gasteiger partial charge in [-0.1, -0.05) is 22.9 Å². The van der Waals surface area contributed by atoms with Crippen LogP contribution in [0, 0.1) is 6.92 Å². The summed E-state index contributed by atoms with van der Waals surface area (Å²) in [7, 11) is 0. The van der Waals surface area contributed by atoms with Crippen molar-refractivity contribution in [3.05, 3.63) is 41.7 Å². The quantitative estimate of drug-likeness (QED) is 0.935. The van der Waals surface area contributed by atoms with Gasteiger partial charge in [-0.2, -0.15) is 0 Å². The molecule has 1 aromatic heterocycles. The zero-order valence-electron chi connectivity index (χ0n) is 14.6. The summed E-state index contributed by atoms with van der Waals surface area (Å²) in [5, 5.41) is 11.2. The lowest BCUT2D eigenvalue weighted by Crippen LogP contribution is -2.46. The van der Waals surface area contributed by atoms with Crippen LogP contribution in [-0.4, -0.2) is 51.0 Å². The molecule has 2 aromatic rings. The van der Waals surface area contributed by atoms with Gasteiger partial charge in [0.15, 0.2) is 5.69 Å².